The number of nitrogens with zero attached hydrogens (tertiary/aromatic N) is 4. The normalized spacial score (nSPS) is 11.0. The summed E-state index contributed by atoms with van der Waals surface area (Å²) >= 11 is 0. The smallest absolute Gasteiger partial charge is 0.442 e. The van der Waals surface area contributed by atoms with Crippen LogP contribution in [0.15, 0.2) is 30.7 Å². The fourth-order valence-corrected chi connectivity index (χ4v) is 1.86. The Bertz CT molecular complexity index is 819. The first kappa shape index (κ1) is 14.1. The first-order chi connectivity index (χ1) is 10.7. The van der Waals surface area contributed by atoms with E-state index in [0.717, 1.165) is 0 Å². The first-order valence-corrected chi connectivity index (χ1v) is 6.35. The van der Waals surface area contributed by atoms with E-state index in [1.807, 2.05) is 0 Å². The maximum atomic E-state index is 11.8. The maximum absolute atomic E-state index is 11.8. The highest BCUT2D eigenvalue weighted by Gasteiger charge is 2.22. The summed E-state index contributed by atoms with van der Waals surface area (Å²) in [5.74, 6) is 0.266. The van der Waals surface area contributed by atoms with E-state index < -0.39 is 5.76 Å². The van der Waals surface area contributed by atoms with Crippen molar-refractivity contribution >= 4 is 19.1 Å². The van der Waals surface area contributed by atoms with E-state index in [-0.39, 0.29) is 18.1 Å². The van der Waals surface area contributed by atoms with Gasteiger partial charge in [-0.3, -0.25) is 4.52 Å². The molecule has 0 aliphatic heterocycles. The van der Waals surface area contributed by atoms with E-state index in [0.29, 0.717) is 30.1 Å². The SMILES string of the molecule is [B]c1coc(Cn2c(-c3nonc3NCCN)noc2=O)c1. The van der Waals surface area contributed by atoms with Gasteiger partial charge in [0.25, 0.3) is 0 Å². The molecule has 2 radical (unpaired) electrons. The molecule has 0 bridgehead atoms. The molecule has 22 heavy (non-hydrogen) atoms. The largest absolute Gasteiger partial charge is 0.468 e. The number of hydrogen-bond donors (Lipinski definition) is 2. The van der Waals surface area contributed by atoms with Gasteiger partial charge in [0.15, 0.2) is 5.69 Å². The molecule has 112 valence electrons. The molecule has 0 atom stereocenters. The zero-order valence-electron chi connectivity index (χ0n) is 11.4. The molecule has 0 unspecified atom stereocenters. The number of aromatic nitrogens is 4. The number of anilines is 1. The molecule has 3 heterocycles. The quantitative estimate of drug-likeness (QED) is 0.531. The molecule has 3 aromatic rings. The minimum atomic E-state index is -0.669. The van der Waals surface area contributed by atoms with Crippen LogP contribution >= 0.6 is 0 Å². The number of hydrogen-bond acceptors (Lipinski definition) is 9. The van der Waals surface area contributed by atoms with Gasteiger partial charge in [-0.05, 0) is 16.4 Å². The number of rotatable bonds is 6. The lowest BCUT2D eigenvalue weighted by Gasteiger charge is -2.02. The summed E-state index contributed by atoms with van der Waals surface area (Å²) in [6.45, 7) is 0.930. The molecular weight excluding hydrogens is 291 g/mol. The maximum Gasteiger partial charge on any atom is 0.442 e. The Morgan fingerprint density at radius 3 is 2.95 bits per heavy atom. The summed E-state index contributed by atoms with van der Waals surface area (Å²) < 4.78 is 15.8. The lowest BCUT2D eigenvalue weighted by atomic mass is 10.0. The number of furan rings is 1. The third-order valence-corrected chi connectivity index (χ3v) is 2.81. The fourth-order valence-electron chi connectivity index (χ4n) is 1.86. The van der Waals surface area contributed by atoms with Gasteiger partial charge in [-0.25, -0.2) is 14.0 Å². The minimum absolute atomic E-state index is 0.0814. The second-order valence-corrected chi connectivity index (χ2v) is 4.38. The molecule has 0 aromatic carbocycles. The molecule has 0 aliphatic rings. The van der Waals surface area contributed by atoms with Crippen molar-refractivity contribution < 1.29 is 13.6 Å². The molecule has 10 nitrogen and oxygen atoms in total. The van der Waals surface area contributed by atoms with Gasteiger partial charge in [-0.1, -0.05) is 10.6 Å². The molecule has 0 saturated heterocycles. The first-order valence-electron chi connectivity index (χ1n) is 6.35. The van der Waals surface area contributed by atoms with Crippen molar-refractivity contribution in [2.45, 2.75) is 6.54 Å². The van der Waals surface area contributed by atoms with E-state index in [4.69, 9.17) is 18.0 Å². The van der Waals surface area contributed by atoms with Gasteiger partial charge < -0.3 is 15.5 Å². The number of nitrogens with two attached hydrogens (primary N) is 1. The molecule has 3 aromatic heterocycles. The molecular formula is C11H11BN6O4. The van der Waals surface area contributed by atoms with E-state index >= 15 is 0 Å². The van der Waals surface area contributed by atoms with Crippen molar-refractivity contribution in [3.05, 3.63) is 28.6 Å². The highest BCUT2D eigenvalue weighted by atomic mass is 16.6. The second kappa shape index (κ2) is 5.89. The average molecular weight is 302 g/mol. The molecule has 0 aliphatic carbocycles. The van der Waals surface area contributed by atoms with Gasteiger partial charge in [0.2, 0.25) is 11.6 Å². The zero-order valence-corrected chi connectivity index (χ0v) is 11.4. The molecule has 0 fully saturated rings. The Balaban J connectivity index is 1.95. The summed E-state index contributed by atoms with van der Waals surface area (Å²) in [6, 6.07) is 1.60. The van der Waals surface area contributed by atoms with Gasteiger partial charge in [-0.2, -0.15) is 0 Å². The summed E-state index contributed by atoms with van der Waals surface area (Å²) in [4.78, 5) is 11.8. The summed E-state index contributed by atoms with van der Waals surface area (Å²) in [5.41, 5.74) is 6.11. The topological polar surface area (TPSA) is 138 Å². The predicted molar refractivity (Wildman–Crippen MR) is 74.8 cm³/mol. The third-order valence-electron chi connectivity index (χ3n) is 2.81. The zero-order chi connectivity index (χ0) is 15.5. The van der Waals surface area contributed by atoms with Crippen LogP contribution in [0.25, 0.3) is 11.5 Å². The molecule has 0 amide bonds. The van der Waals surface area contributed by atoms with Gasteiger partial charge in [0, 0.05) is 13.1 Å². The summed E-state index contributed by atoms with van der Waals surface area (Å²) in [6.07, 6.45) is 1.37. The van der Waals surface area contributed by atoms with Crippen molar-refractivity contribution in [3.63, 3.8) is 0 Å². The van der Waals surface area contributed by atoms with Gasteiger partial charge in [0.1, 0.15) is 13.6 Å². The highest BCUT2D eigenvalue weighted by Crippen LogP contribution is 2.22. The van der Waals surface area contributed by atoms with Crippen LogP contribution in [0.1, 0.15) is 5.76 Å². The molecule has 3 N–H and O–H groups in total. The van der Waals surface area contributed by atoms with E-state index in [2.05, 4.69) is 29.9 Å². The lowest BCUT2D eigenvalue weighted by molar-refractivity contribution is 0.309. The van der Waals surface area contributed by atoms with Crippen LogP contribution in [-0.4, -0.2) is 41.0 Å². The Morgan fingerprint density at radius 2 is 2.23 bits per heavy atom. The van der Waals surface area contributed by atoms with Crippen molar-refractivity contribution in [2.75, 3.05) is 18.4 Å². The molecule has 3 rings (SSSR count). The van der Waals surface area contributed by atoms with Crippen LogP contribution in [0, 0.1) is 0 Å². The summed E-state index contributed by atoms with van der Waals surface area (Å²) in [5, 5.41) is 14.0. The van der Waals surface area contributed by atoms with Crippen molar-refractivity contribution in [1.29, 1.82) is 0 Å². The number of nitrogens with one attached hydrogen (secondary N) is 1. The van der Waals surface area contributed by atoms with Crippen molar-refractivity contribution in [3.8, 4) is 11.5 Å². The van der Waals surface area contributed by atoms with E-state index in [9.17, 15) is 4.79 Å². The summed E-state index contributed by atoms with van der Waals surface area (Å²) in [7, 11) is 5.58. The molecule has 0 saturated carbocycles. The standard InChI is InChI=1S/C11H11BN6O4/c12-6-3-7(20-5-6)4-18-10(17-21-11(18)19)8-9(14-2-1-13)16-22-15-8/h3,5H,1-2,4,13H2,(H,14,16). The van der Waals surface area contributed by atoms with Crippen LogP contribution < -0.4 is 22.3 Å². The van der Waals surface area contributed by atoms with Crippen LogP contribution in [-0.2, 0) is 6.54 Å². The van der Waals surface area contributed by atoms with Gasteiger partial charge in [-0.15, -0.1) is 0 Å². The minimum Gasteiger partial charge on any atom is -0.468 e. The van der Waals surface area contributed by atoms with Crippen LogP contribution in [0.2, 0.25) is 0 Å². The van der Waals surface area contributed by atoms with Crippen LogP contribution in [0.3, 0.4) is 0 Å². The highest BCUT2D eigenvalue weighted by molar-refractivity contribution is 6.32. The Labute approximate surface area is 124 Å². The van der Waals surface area contributed by atoms with Gasteiger partial charge in [0.05, 0.1) is 12.8 Å². The fraction of sp³-hybridized carbons (Fsp3) is 0.273. The lowest BCUT2D eigenvalue weighted by Crippen LogP contribution is -2.17. The predicted octanol–water partition coefficient (Wildman–Crippen LogP) is -1.31. The second-order valence-electron chi connectivity index (χ2n) is 4.38. The van der Waals surface area contributed by atoms with Gasteiger partial charge >= 0.3 is 5.76 Å². The Morgan fingerprint density at radius 1 is 1.36 bits per heavy atom. The average Bonchev–Trinajstić information content (AvgIpc) is 3.20. The van der Waals surface area contributed by atoms with E-state index in [1.54, 1.807) is 6.07 Å². The molecule has 11 heteroatoms. The molecule has 0 spiro atoms. The Hall–Kier alpha value is -2.82. The van der Waals surface area contributed by atoms with E-state index in [1.165, 1.54) is 10.8 Å². The van der Waals surface area contributed by atoms with Crippen molar-refractivity contribution in [2.24, 2.45) is 5.73 Å². The Kier molecular flexibility index (Phi) is 3.79. The van der Waals surface area contributed by atoms with Crippen molar-refractivity contribution in [1.82, 2.24) is 20.0 Å². The third kappa shape index (κ3) is 2.65. The van der Waals surface area contributed by atoms with Crippen LogP contribution in [0.5, 0.6) is 0 Å². The van der Waals surface area contributed by atoms with Crippen LogP contribution in [0.4, 0.5) is 5.82 Å². The monoisotopic (exact) mass is 302 g/mol.